The Morgan fingerprint density at radius 1 is 1.45 bits per heavy atom. The summed E-state index contributed by atoms with van der Waals surface area (Å²) in [5.74, 6) is 0.334. The van der Waals surface area contributed by atoms with Gasteiger partial charge in [0.15, 0.2) is 10.4 Å². The van der Waals surface area contributed by atoms with Gasteiger partial charge in [0.2, 0.25) is 0 Å². The lowest BCUT2D eigenvalue weighted by molar-refractivity contribution is 0.103. The van der Waals surface area contributed by atoms with Gasteiger partial charge in [-0.3, -0.25) is 9.36 Å². The van der Waals surface area contributed by atoms with Gasteiger partial charge in [0, 0.05) is 42.2 Å². The molecule has 4 atom stereocenters. The van der Waals surface area contributed by atoms with E-state index in [0.29, 0.717) is 39.4 Å². The molecule has 9 heteroatoms. The Hall–Kier alpha value is -2.65. The number of fused-ring (bicyclic) bond motifs is 2. The second kappa shape index (κ2) is 6.70. The molecule has 2 fully saturated rings. The normalized spacial score (nSPS) is 28.6. The standard InChI is InChI=1S/C20H21FN6OS/c1-11(13-7-12-3-4-20(2,24-12)17(13)21)18-25-26-19(29-18)14-9-23-16(8-15(14)28)27-6-5-22-10-27/h5-6,8-10,12-13,17,24H,1,3-4,7H2,2H3,(H,23,28)/t12?,13-,17-,20-/m0/s1. The highest BCUT2D eigenvalue weighted by atomic mass is 32.1. The van der Waals surface area contributed by atoms with Gasteiger partial charge >= 0.3 is 0 Å². The van der Waals surface area contributed by atoms with Gasteiger partial charge in [-0.1, -0.05) is 17.9 Å². The van der Waals surface area contributed by atoms with E-state index < -0.39 is 11.7 Å². The molecule has 3 aromatic heterocycles. The molecule has 5 rings (SSSR count). The van der Waals surface area contributed by atoms with Gasteiger partial charge in [0.25, 0.3) is 0 Å². The number of nitrogens with one attached hydrogen (secondary N) is 2. The Morgan fingerprint density at radius 3 is 3.07 bits per heavy atom. The second-order valence-electron chi connectivity index (χ2n) is 8.05. The number of rotatable bonds is 4. The summed E-state index contributed by atoms with van der Waals surface area (Å²) in [6.07, 6.45) is 8.14. The zero-order valence-electron chi connectivity index (χ0n) is 15.9. The van der Waals surface area contributed by atoms with Crippen molar-refractivity contribution in [2.45, 2.75) is 43.9 Å². The zero-order valence-corrected chi connectivity index (χ0v) is 16.7. The third-order valence-electron chi connectivity index (χ3n) is 6.10. The summed E-state index contributed by atoms with van der Waals surface area (Å²) >= 11 is 1.28. The molecule has 29 heavy (non-hydrogen) atoms. The number of aromatic nitrogens is 5. The molecule has 2 aliphatic rings. The van der Waals surface area contributed by atoms with E-state index >= 15 is 4.39 Å². The first-order valence-electron chi connectivity index (χ1n) is 9.60. The Kier molecular flexibility index (Phi) is 4.25. The zero-order chi connectivity index (χ0) is 20.2. The van der Waals surface area contributed by atoms with Crippen molar-refractivity contribution in [3.8, 4) is 16.4 Å². The molecule has 150 valence electrons. The average molecular weight is 412 g/mol. The average Bonchev–Trinajstić information content (AvgIpc) is 3.45. The van der Waals surface area contributed by atoms with Crippen LogP contribution in [0.4, 0.5) is 4.39 Å². The number of imidazole rings is 1. The lowest BCUT2D eigenvalue weighted by atomic mass is 9.79. The minimum absolute atomic E-state index is 0.170. The minimum Gasteiger partial charge on any atom is -0.347 e. The lowest BCUT2D eigenvalue weighted by Gasteiger charge is -2.40. The van der Waals surface area contributed by atoms with Crippen LogP contribution in [0, 0.1) is 5.92 Å². The highest BCUT2D eigenvalue weighted by Gasteiger charge is 2.51. The number of H-pyrrole nitrogens is 1. The smallest absolute Gasteiger partial charge is 0.194 e. The molecule has 0 amide bonds. The summed E-state index contributed by atoms with van der Waals surface area (Å²) in [6.45, 7) is 6.10. The third kappa shape index (κ3) is 3.05. The first-order chi connectivity index (χ1) is 13.9. The van der Waals surface area contributed by atoms with Crippen LogP contribution in [-0.4, -0.2) is 42.5 Å². The monoisotopic (exact) mass is 412 g/mol. The van der Waals surface area contributed by atoms with Gasteiger partial charge in [-0.05, 0) is 31.8 Å². The van der Waals surface area contributed by atoms with E-state index in [2.05, 4.69) is 32.1 Å². The summed E-state index contributed by atoms with van der Waals surface area (Å²) in [6, 6.07) is 1.82. The highest BCUT2D eigenvalue weighted by molar-refractivity contribution is 7.15. The fourth-order valence-electron chi connectivity index (χ4n) is 4.47. The molecule has 7 nitrogen and oxygen atoms in total. The van der Waals surface area contributed by atoms with Crippen molar-refractivity contribution < 1.29 is 4.39 Å². The largest absolute Gasteiger partial charge is 0.347 e. The molecule has 0 spiro atoms. The Morgan fingerprint density at radius 2 is 2.31 bits per heavy atom. The van der Waals surface area contributed by atoms with Crippen molar-refractivity contribution in [1.29, 1.82) is 0 Å². The van der Waals surface area contributed by atoms with Crippen LogP contribution in [0.25, 0.3) is 22.0 Å². The molecular weight excluding hydrogens is 391 g/mol. The van der Waals surface area contributed by atoms with E-state index in [-0.39, 0.29) is 11.3 Å². The van der Waals surface area contributed by atoms with Crippen molar-refractivity contribution >= 4 is 16.9 Å². The number of allylic oxidation sites excluding steroid dienone is 1. The number of halogens is 1. The molecule has 0 aliphatic carbocycles. The van der Waals surface area contributed by atoms with E-state index in [4.69, 9.17) is 0 Å². The molecule has 2 N–H and O–H groups in total. The summed E-state index contributed by atoms with van der Waals surface area (Å²) < 4.78 is 16.9. The van der Waals surface area contributed by atoms with Gasteiger partial charge in [0.05, 0.1) is 5.56 Å². The first-order valence-corrected chi connectivity index (χ1v) is 10.4. The molecule has 2 saturated heterocycles. The predicted molar refractivity (Wildman–Crippen MR) is 110 cm³/mol. The minimum atomic E-state index is -1.01. The maximum atomic E-state index is 15.2. The second-order valence-corrected chi connectivity index (χ2v) is 9.02. The number of alkyl halides is 1. The topological polar surface area (TPSA) is 88.5 Å². The van der Waals surface area contributed by atoms with E-state index in [1.807, 2.05) is 6.92 Å². The van der Waals surface area contributed by atoms with E-state index in [1.165, 1.54) is 17.4 Å². The molecule has 2 aliphatic heterocycles. The molecule has 0 aromatic carbocycles. The van der Waals surface area contributed by atoms with Gasteiger partial charge in [-0.15, -0.1) is 10.2 Å². The van der Waals surface area contributed by atoms with Crippen molar-refractivity contribution in [2.24, 2.45) is 5.92 Å². The molecule has 0 saturated carbocycles. The fourth-order valence-corrected chi connectivity index (χ4v) is 5.37. The summed E-state index contributed by atoms with van der Waals surface area (Å²) in [4.78, 5) is 19.7. The van der Waals surface area contributed by atoms with Crippen LogP contribution in [0.15, 0.2) is 42.4 Å². The molecule has 2 bridgehead atoms. The van der Waals surface area contributed by atoms with E-state index in [9.17, 15) is 4.79 Å². The molecule has 3 aromatic rings. The van der Waals surface area contributed by atoms with Crippen LogP contribution in [0.2, 0.25) is 0 Å². The summed E-state index contributed by atoms with van der Waals surface area (Å²) in [5.41, 5.74) is 0.438. The van der Waals surface area contributed by atoms with Crippen LogP contribution < -0.4 is 10.7 Å². The van der Waals surface area contributed by atoms with E-state index in [0.717, 1.165) is 12.8 Å². The maximum Gasteiger partial charge on any atom is 0.194 e. The van der Waals surface area contributed by atoms with Crippen molar-refractivity contribution in [1.82, 2.24) is 30.0 Å². The molecular formula is C20H21FN6OS. The van der Waals surface area contributed by atoms with Crippen molar-refractivity contribution in [3.05, 3.63) is 52.8 Å². The Balaban J connectivity index is 1.41. The highest BCUT2D eigenvalue weighted by Crippen LogP contribution is 2.45. The van der Waals surface area contributed by atoms with Gasteiger partial charge in [-0.25, -0.2) is 9.37 Å². The van der Waals surface area contributed by atoms with Gasteiger partial charge in [-0.2, -0.15) is 0 Å². The molecule has 5 heterocycles. The van der Waals surface area contributed by atoms with Gasteiger partial charge < -0.3 is 10.3 Å². The number of aromatic amines is 1. The quantitative estimate of drug-likeness (QED) is 0.688. The number of hydrogen-bond acceptors (Lipinski definition) is 6. The van der Waals surface area contributed by atoms with E-state index in [1.54, 1.807) is 29.5 Å². The SMILES string of the molecule is C=C(c1nnc(-c2c[nH]c(-n3ccnc3)cc2=O)s1)[C@@H]1CC2CC[C@](C)(N2)[C@H]1F. The Bertz CT molecular complexity index is 1120. The molecule has 0 radical (unpaired) electrons. The van der Waals surface area contributed by atoms with Crippen LogP contribution in [0.1, 0.15) is 31.2 Å². The number of pyridine rings is 1. The van der Waals surface area contributed by atoms with Gasteiger partial charge in [0.1, 0.15) is 23.3 Å². The first kappa shape index (κ1) is 18.4. The van der Waals surface area contributed by atoms with Crippen molar-refractivity contribution in [2.75, 3.05) is 0 Å². The number of piperidine rings is 1. The lowest BCUT2D eigenvalue weighted by Crippen LogP contribution is -2.56. The Labute approximate surface area is 170 Å². The fraction of sp³-hybridized carbons (Fsp3) is 0.400. The van der Waals surface area contributed by atoms with Crippen molar-refractivity contribution in [3.63, 3.8) is 0 Å². The third-order valence-corrected chi connectivity index (χ3v) is 7.14. The summed E-state index contributed by atoms with van der Waals surface area (Å²) in [7, 11) is 0. The predicted octanol–water partition coefficient (Wildman–Crippen LogP) is 2.96. The van der Waals surface area contributed by atoms with Crippen LogP contribution in [0.5, 0.6) is 0 Å². The summed E-state index contributed by atoms with van der Waals surface area (Å²) in [5, 5.41) is 12.9. The maximum absolute atomic E-state index is 15.2. The number of hydrogen-bond donors (Lipinski definition) is 2. The molecule has 1 unspecified atom stereocenters. The van der Waals surface area contributed by atoms with Crippen LogP contribution >= 0.6 is 11.3 Å². The van der Waals surface area contributed by atoms with Crippen LogP contribution in [-0.2, 0) is 0 Å². The number of nitrogens with zero attached hydrogens (tertiary/aromatic N) is 4. The van der Waals surface area contributed by atoms with Crippen LogP contribution in [0.3, 0.4) is 0 Å².